The van der Waals surface area contributed by atoms with E-state index in [0.717, 1.165) is 11.1 Å². The van der Waals surface area contributed by atoms with Crippen molar-refractivity contribution in [3.63, 3.8) is 0 Å². The van der Waals surface area contributed by atoms with Gasteiger partial charge in [-0.3, -0.25) is 0 Å². The number of imidazole rings is 1. The summed E-state index contributed by atoms with van der Waals surface area (Å²) in [7, 11) is -0.285. The minimum atomic E-state index is -3.72. The lowest BCUT2D eigenvalue weighted by atomic mass is 9.98. The molecule has 3 aromatic rings. The summed E-state index contributed by atoms with van der Waals surface area (Å²) in [5, 5.41) is 0. The summed E-state index contributed by atoms with van der Waals surface area (Å²) < 4.78 is 36.6. The number of aromatic nitrogens is 2. The van der Waals surface area contributed by atoms with Gasteiger partial charge in [-0.1, -0.05) is 36.4 Å². The summed E-state index contributed by atoms with van der Waals surface area (Å²) in [5.74, 6) is 1.27. The van der Waals surface area contributed by atoms with Crippen LogP contribution in [0.5, 0.6) is 5.75 Å². The highest BCUT2D eigenvalue weighted by molar-refractivity contribution is 7.93. The SMILES string of the molecule is COc1cccc(C(NS(=O)(=O)C2=Cc3ccccc3CC2)c2nccn2C)c1. The number of methoxy groups -OCH3 is 1. The van der Waals surface area contributed by atoms with Crippen LogP contribution in [0, 0.1) is 0 Å². The van der Waals surface area contributed by atoms with Crippen molar-refractivity contribution >= 4 is 16.1 Å². The van der Waals surface area contributed by atoms with E-state index in [0.29, 0.717) is 29.3 Å². The van der Waals surface area contributed by atoms with Gasteiger partial charge in [-0.15, -0.1) is 0 Å². The van der Waals surface area contributed by atoms with Crippen LogP contribution in [0.15, 0.2) is 65.8 Å². The molecule has 6 nitrogen and oxygen atoms in total. The molecule has 1 unspecified atom stereocenters. The predicted octanol–water partition coefficient (Wildman–Crippen LogP) is 3.42. The van der Waals surface area contributed by atoms with Gasteiger partial charge in [0.1, 0.15) is 17.6 Å². The number of benzene rings is 2. The number of aryl methyl sites for hydroxylation is 2. The molecule has 0 aliphatic heterocycles. The molecule has 0 fully saturated rings. The predicted molar refractivity (Wildman–Crippen MR) is 113 cm³/mol. The average molecular weight is 410 g/mol. The van der Waals surface area contributed by atoms with Gasteiger partial charge in [0.2, 0.25) is 10.0 Å². The lowest BCUT2D eigenvalue weighted by molar-refractivity contribution is 0.413. The van der Waals surface area contributed by atoms with Crippen molar-refractivity contribution < 1.29 is 13.2 Å². The fourth-order valence-corrected chi connectivity index (χ4v) is 4.95. The molecule has 1 N–H and O–H groups in total. The molecule has 0 spiro atoms. The molecule has 0 bridgehead atoms. The molecule has 0 saturated carbocycles. The van der Waals surface area contributed by atoms with Gasteiger partial charge in [-0.05, 0) is 47.7 Å². The fraction of sp³-hybridized carbons (Fsp3) is 0.227. The topological polar surface area (TPSA) is 73.2 Å². The van der Waals surface area contributed by atoms with Crippen LogP contribution in [0.1, 0.15) is 35.0 Å². The Labute approximate surface area is 170 Å². The van der Waals surface area contributed by atoms with Gasteiger partial charge < -0.3 is 9.30 Å². The standard InChI is InChI=1S/C22H23N3O3S/c1-25-13-12-23-22(25)21(18-8-5-9-19(14-18)28-2)24-29(26,27)20-11-10-16-6-3-4-7-17(16)15-20/h3-9,12-15,21,24H,10-11H2,1-2H3. The van der Waals surface area contributed by atoms with Crippen LogP contribution < -0.4 is 9.46 Å². The van der Waals surface area contributed by atoms with Crippen molar-refractivity contribution in [2.75, 3.05) is 7.11 Å². The summed E-state index contributed by atoms with van der Waals surface area (Å²) in [5.41, 5.74) is 2.88. The maximum absolute atomic E-state index is 13.3. The number of ether oxygens (including phenoxy) is 1. The van der Waals surface area contributed by atoms with Gasteiger partial charge in [-0.2, -0.15) is 4.72 Å². The van der Waals surface area contributed by atoms with Gasteiger partial charge in [0.05, 0.1) is 12.0 Å². The van der Waals surface area contributed by atoms with E-state index in [1.165, 1.54) is 5.56 Å². The van der Waals surface area contributed by atoms with Gasteiger partial charge in [0.15, 0.2) is 0 Å². The molecule has 0 radical (unpaired) electrons. The number of nitrogens with zero attached hydrogens (tertiary/aromatic N) is 2. The van der Waals surface area contributed by atoms with E-state index in [4.69, 9.17) is 4.74 Å². The maximum Gasteiger partial charge on any atom is 0.237 e. The molecule has 29 heavy (non-hydrogen) atoms. The van der Waals surface area contributed by atoms with E-state index in [1.54, 1.807) is 25.6 Å². The Bertz CT molecular complexity index is 1170. The second-order valence-corrected chi connectivity index (χ2v) is 8.80. The summed E-state index contributed by atoms with van der Waals surface area (Å²) >= 11 is 0. The van der Waals surface area contributed by atoms with E-state index in [-0.39, 0.29) is 0 Å². The lowest BCUT2D eigenvalue weighted by Crippen LogP contribution is -2.32. The molecule has 0 saturated heterocycles. The Morgan fingerprint density at radius 1 is 1.14 bits per heavy atom. The summed E-state index contributed by atoms with van der Waals surface area (Å²) in [6.07, 6.45) is 6.40. The van der Waals surface area contributed by atoms with Crippen molar-refractivity contribution in [3.05, 3.63) is 88.3 Å². The first kappa shape index (κ1) is 19.4. The number of rotatable bonds is 6. The Hall–Kier alpha value is -2.90. The van der Waals surface area contributed by atoms with Gasteiger partial charge in [0, 0.05) is 19.4 Å². The highest BCUT2D eigenvalue weighted by Crippen LogP contribution is 2.30. The summed E-state index contributed by atoms with van der Waals surface area (Å²) in [6.45, 7) is 0. The number of hydrogen-bond donors (Lipinski definition) is 1. The third-order valence-electron chi connectivity index (χ3n) is 5.17. The summed E-state index contributed by atoms with van der Waals surface area (Å²) in [4.78, 5) is 4.78. The minimum absolute atomic E-state index is 0.387. The molecule has 1 aromatic heterocycles. The highest BCUT2D eigenvalue weighted by Gasteiger charge is 2.28. The quantitative estimate of drug-likeness (QED) is 0.677. The van der Waals surface area contributed by atoms with Crippen molar-refractivity contribution in [1.82, 2.24) is 14.3 Å². The van der Waals surface area contributed by atoms with E-state index in [9.17, 15) is 8.42 Å². The Balaban J connectivity index is 1.73. The average Bonchev–Trinajstić information content (AvgIpc) is 3.17. The summed E-state index contributed by atoms with van der Waals surface area (Å²) in [6, 6.07) is 14.6. The van der Waals surface area contributed by atoms with Crippen molar-refractivity contribution in [2.24, 2.45) is 7.05 Å². The first-order valence-electron chi connectivity index (χ1n) is 9.40. The third-order valence-corrected chi connectivity index (χ3v) is 6.73. The van der Waals surface area contributed by atoms with Crippen LogP contribution in [0.4, 0.5) is 0 Å². The van der Waals surface area contributed by atoms with E-state index >= 15 is 0 Å². The fourth-order valence-electron chi connectivity index (χ4n) is 3.60. The smallest absolute Gasteiger partial charge is 0.237 e. The zero-order chi connectivity index (χ0) is 20.4. The van der Waals surface area contributed by atoms with Crippen LogP contribution >= 0.6 is 0 Å². The molecule has 7 heteroatoms. The van der Waals surface area contributed by atoms with E-state index in [2.05, 4.69) is 9.71 Å². The molecular weight excluding hydrogens is 386 g/mol. The first-order valence-corrected chi connectivity index (χ1v) is 10.9. The van der Waals surface area contributed by atoms with E-state index in [1.807, 2.05) is 60.1 Å². The van der Waals surface area contributed by atoms with E-state index < -0.39 is 16.1 Å². The van der Waals surface area contributed by atoms with Crippen LogP contribution in [-0.4, -0.2) is 25.1 Å². The molecule has 2 aromatic carbocycles. The number of fused-ring (bicyclic) bond motifs is 1. The van der Waals surface area contributed by atoms with Crippen molar-refractivity contribution in [3.8, 4) is 5.75 Å². The zero-order valence-corrected chi connectivity index (χ0v) is 17.2. The molecule has 1 aliphatic rings. The first-order chi connectivity index (χ1) is 14.0. The van der Waals surface area contributed by atoms with Gasteiger partial charge >= 0.3 is 0 Å². The molecule has 1 heterocycles. The van der Waals surface area contributed by atoms with Crippen LogP contribution in [0.25, 0.3) is 6.08 Å². The minimum Gasteiger partial charge on any atom is -0.497 e. The number of hydrogen-bond acceptors (Lipinski definition) is 4. The molecule has 150 valence electrons. The molecule has 0 amide bonds. The highest BCUT2D eigenvalue weighted by atomic mass is 32.2. The second kappa shape index (κ2) is 7.85. The Morgan fingerprint density at radius 2 is 1.97 bits per heavy atom. The molecule has 1 aliphatic carbocycles. The Kier molecular flexibility index (Phi) is 5.25. The second-order valence-electron chi connectivity index (χ2n) is 7.04. The van der Waals surface area contributed by atoms with Gasteiger partial charge in [0.25, 0.3) is 0 Å². The number of allylic oxidation sites excluding steroid dienone is 1. The zero-order valence-electron chi connectivity index (χ0n) is 16.4. The number of nitrogens with one attached hydrogen (secondary N) is 1. The number of sulfonamides is 1. The molecule has 1 atom stereocenters. The largest absolute Gasteiger partial charge is 0.497 e. The van der Waals surface area contributed by atoms with Crippen LogP contribution in [0.2, 0.25) is 0 Å². The van der Waals surface area contributed by atoms with Crippen LogP contribution in [0.3, 0.4) is 0 Å². The van der Waals surface area contributed by atoms with Gasteiger partial charge in [-0.25, -0.2) is 13.4 Å². The maximum atomic E-state index is 13.3. The molecular formula is C22H23N3O3S. The van der Waals surface area contributed by atoms with Crippen molar-refractivity contribution in [2.45, 2.75) is 18.9 Å². The lowest BCUT2D eigenvalue weighted by Gasteiger charge is -2.22. The van der Waals surface area contributed by atoms with Crippen LogP contribution in [-0.2, 0) is 23.5 Å². The normalized spacial score (nSPS) is 14.8. The third kappa shape index (κ3) is 3.97. The molecule has 4 rings (SSSR count). The van der Waals surface area contributed by atoms with Crippen molar-refractivity contribution in [1.29, 1.82) is 0 Å². The Morgan fingerprint density at radius 3 is 2.72 bits per heavy atom. The monoisotopic (exact) mass is 409 g/mol.